The molecule has 0 saturated heterocycles. The van der Waals surface area contributed by atoms with Crippen LogP contribution in [0.15, 0.2) is 66.7 Å². The van der Waals surface area contributed by atoms with E-state index >= 15 is 0 Å². The maximum Gasteiger partial charge on any atom is 0.243 e. The number of carbonyl (C=O) groups is 2. The number of aryl methyl sites for hydroxylation is 2. The van der Waals surface area contributed by atoms with Crippen LogP contribution >= 0.6 is 23.2 Å². The van der Waals surface area contributed by atoms with E-state index in [2.05, 4.69) is 11.4 Å². The molecule has 1 saturated carbocycles. The molecular formula is C31H34Cl2N2O2. The number of amides is 2. The number of hydrogen-bond donors (Lipinski definition) is 1. The number of rotatable bonds is 9. The Morgan fingerprint density at radius 1 is 0.892 bits per heavy atom. The Kier molecular flexibility index (Phi) is 9.28. The van der Waals surface area contributed by atoms with Gasteiger partial charge >= 0.3 is 0 Å². The van der Waals surface area contributed by atoms with Gasteiger partial charge in [0, 0.05) is 34.6 Å². The lowest BCUT2D eigenvalue weighted by atomic mass is 10.00. The van der Waals surface area contributed by atoms with Gasteiger partial charge in [0.25, 0.3) is 0 Å². The maximum absolute atomic E-state index is 14.0. The summed E-state index contributed by atoms with van der Waals surface area (Å²) in [5, 5.41) is 4.19. The Morgan fingerprint density at radius 2 is 1.51 bits per heavy atom. The Morgan fingerprint density at radius 3 is 2.14 bits per heavy atom. The third-order valence-corrected chi connectivity index (χ3v) is 7.71. The standard InChI is InChI=1S/C31H34Cl2N2O2/c1-21-15-22(2)17-24(16-21)19-30(36)35(20-26-27(32)13-8-14-28(26)33)29(18-23-9-4-3-5-10-23)31(37)34-25-11-6-7-12-25/h3-5,8-10,13-17,25,29H,6-7,11-12,18-20H2,1-2H3,(H,34,37)/t29-/m0/s1. The van der Waals surface area contributed by atoms with E-state index < -0.39 is 6.04 Å². The summed E-state index contributed by atoms with van der Waals surface area (Å²) in [6, 6.07) is 20.7. The SMILES string of the molecule is Cc1cc(C)cc(CC(=O)N(Cc2c(Cl)cccc2Cl)[C@@H](Cc2ccccc2)C(=O)NC2CCCC2)c1. The van der Waals surface area contributed by atoms with Crippen LogP contribution in [0.2, 0.25) is 10.0 Å². The van der Waals surface area contributed by atoms with Crippen LogP contribution in [-0.4, -0.2) is 28.8 Å². The molecule has 1 aliphatic carbocycles. The highest BCUT2D eigenvalue weighted by Gasteiger charge is 2.33. The fourth-order valence-electron chi connectivity index (χ4n) is 5.22. The van der Waals surface area contributed by atoms with Gasteiger partial charge in [-0.05, 0) is 49.9 Å². The van der Waals surface area contributed by atoms with Gasteiger partial charge in [-0.3, -0.25) is 9.59 Å². The summed E-state index contributed by atoms with van der Waals surface area (Å²) in [4.78, 5) is 29.5. The monoisotopic (exact) mass is 536 g/mol. The van der Waals surface area contributed by atoms with Gasteiger partial charge in [0.05, 0.1) is 6.42 Å². The number of nitrogens with zero attached hydrogens (tertiary/aromatic N) is 1. The number of benzene rings is 3. The van der Waals surface area contributed by atoms with Gasteiger partial charge in [0.2, 0.25) is 11.8 Å². The minimum Gasteiger partial charge on any atom is -0.352 e. The molecule has 0 unspecified atom stereocenters. The van der Waals surface area contributed by atoms with Crippen molar-refractivity contribution in [2.75, 3.05) is 0 Å². The predicted molar refractivity (Wildman–Crippen MR) is 151 cm³/mol. The number of halogens is 2. The molecular weight excluding hydrogens is 503 g/mol. The molecule has 3 aromatic rings. The van der Waals surface area contributed by atoms with Crippen molar-refractivity contribution in [2.45, 2.75) is 71.0 Å². The molecule has 0 radical (unpaired) electrons. The quantitative estimate of drug-likeness (QED) is 0.325. The third-order valence-electron chi connectivity index (χ3n) is 7.00. The summed E-state index contributed by atoms with van der Waals surface area (Å²) in [5.41, 5.74) is 4.76. The van der Waals surface area contributed by atoms with E-state index in [1.54, 1.807) is 23.1 Å². The van der Waals surface area contributed by atoms with Crippen molar-refractivity contribution >= 4 is 35.0 Å². The zero-order valence-corrected chi connectivity index (χ0v) is 23.0. The zero-order chi connectivity index (χ0) is 26.4. The molecule has 4 nitrogen and oxygen atoms in total. The van der Waals surface area contributed by atoms with E-state index in [1.165, 1.54) is 0 Å². The Labute approximate surface area is 230 Å². The summed E-state index contributed by atoms with van der Waals surface area (Å²) in [5.74, 6) is -0.267. The molecule has 1 N–H and O–H groups in total. The van der Waals surface area contributed by atoms with Crippen LogP contribution in [0, 0.1) is 13.8 Å². The number of hydrogen-bond acceptors (Lipinski definition) is 2. The first-order chi connectivity index (χ1) is 17.8. The summed E-state index contributed by atoms with van der Waals surface area (Å²) in [6.07, 6.45) is 4.75. The normalized spacial score (nSPS) is 14.4. The molecule has 1 atom stereocenters. The molecule has 0 aliphatic heterocycles. The molecule has 0 heterocycles. The van der Waals surface area contributed by atoms with E-state index in [1.807, 2.05) is 56.3 Å². The minimum atomic E-state index is -0.700. The van der Waals surface area contributed by atoms with E-state index in [4.69, 9.17) is 23.2 Å². The van der Waals surface area contributed by atoms with Crippen molar-refractivity contribution in [1.29, 1.82) is 0 Å². The van der Waals surface area contributed by atoms with Crippen molar-refractivity contribution in [3.8, 4) is 0 Å². The predicted octanol–water partition coefficient (Wildman–Crippen LogP) is 6.85. The molecule has 2 amide bonds. The van der Waals surface area contributed by atoms with Crippen molar-refractivity contribution in [1.82, 2.24) is 10.2 Å². The molecule has 1 aliphatic rings. The fraction of sp³-hybridized carbons (Fsp3) is 0.355. The maximum atomic E-state index is 14.0. The van der Waals surface area contributed by atoms with Gasteiger partial charge in [0.1, 0.15) is 6.04 Å². The summed E-state index contributed by atoms with van der Waals surface area (Å²) < 4.78 is 0. The number of nitrogens with one attached hydrogen (secondary N) is 1. The molecule has 3 aromatic carbocycles. The second kappa shape index (κ2) is 12.6. The third kappa shape index (κ3) is 7.37. The zero-order valence-electron chi connectivity index (χ0n) is 21.5. The van der Waals surface area contributed by atoms with Crippen molar-refractivity contribution in [2.24, 2.45) is 0 Å². The topological polar surface area (TPSA) is 49.4 Å². The highest BCUT2D eigenvalue weighted by molar-refractivity contribution is 6.36. The van der Waals surface area contributed by atoms with Crippen LogP contribution in [0.5, 0.6) is 0 Å². The van der Waals surface area contributed by atoms with Crippen molar-refractivity contribution < 1.29 is 9.59 Å². The summed E-state index contributed by atoms with van der Waals surface area (Å²) in [7, 11) is 0. The molecule has 6 heteroatoms. The number of carbonyl (C=O) groups excluding carboxylic acids is 2. The van der Waals surface area contributed by atoms with Gasteiger partial charge in [-0.2, -0.15) is 0 Å². The molecule has 0 spiro atoms. The van der Waals surface area contributed by atoms with E-state index in [-0.39, 0.29) is 30.8 Å². The average molecular weight is 538 g/mol. The molecule has 4 rings (SSSR count). The first-order valence-corrected chi connectivity index (χ1v) is 13.7. The average Bonchev–Trinajstić information content (AvgIpc) is 3.36. The molecule has 1 fully saturated rings. The van der Waals surface area contributed by atoms with Crippen LogP contribution in [0.25, 0.3) is 0 Å². The highest BCUT2D eigenvalue weighted by Crippen LogP contribution is 2.28. The van der Waals surface area contributed by atoms with Crippen LogP contribution < -0.4 is 5.32 Å². The highest BCUT2D eigenvalue weighted by atomic mass is 35.5. The smallest absolute Gasteiger partial charge is 0.243 e. The van der Waals surface area contributed by atoms with Gasteiger partial charge in [-0.15, -0.1) is 0 Å². The van der Waals surface area contributed by atoms with E-state index in [9.17, 15) is 9.59 Å². The Balaban J connectivity index is 1.71. The lowest BCUT2D eigenvalue weighted by Gasteiger charge is -2.33. The van der Waals surface area contributed by atoms with Gasteiger partial charge < -0.3 is 10.2 Å². The Hall–Kier alpha value is -2.82. The molecule has 194 valence electrons. The second-order valence-electron chi connectivity index (χ2n) is 10.1. The first-order valence-electron chi connectivity index (χ1n) is 12.9. The van der Waals surface area contributed by atoms with Crippen molar-refractivity contribution in [3.05, 3.63) is 105 Å². The van der Waals surface area contributed by atoms with Gasteiger partial charge in [-0.1, -0.05) is 102 Å². The van der Waals surface area contributed by atoms with Crippen LogP contribution in [0.1, 0.15) is 53.5 Å². The second-order valence-corrected chi connectivity index (χ2v) is 10.9. The van der Waals surface area contributed by atoms with E-state index in [0.717, 1.165) is 47.9 Å². The van der Waals surface area contributed by atoms with Crippen LogP contribution in [-0.2, 0) is 29.0 Å². The van der Waals surface area contributed by atoms with Crippen LogP contribution in [0.4, 0.5) is 0 Å². The summed E-state index contributed by atoms with van der Waals surface area (Å²) >= 11 is 13.1. The first kappa shape index (κ1) is 27.2. The molecule has 0 aromatic heterocycles. The van der Waals surface area contributed by atoms with Gasteiger partial charge in [-0.25, -0.2) is 0 Å². The lowest BCUT2D eigenvalue weighted by molar-refractivity contribution is -0.141. The lowest BCUT2D eigenvalue weighted by Crippen LogP contribution is -2.52. The largest absolute Gasteiger partial charge is 0.352 e. The molecule has 37 heavy (non-hydrogen) atoms. The Bertz CT molecular complexity index is 1200. The van der Waals surface area contributed by atoms with E-state index in [0.29, 0.717) is 22.0 Å². The molecule has 0 bridgehead atoms. The van der Waals surface area contributed by atoms with Crippen LogP contribution in [0.3, 0.4) is 0 Å². The minimum absolute atomic E-state index is 0.132. The fourth-order valence-corrected chi connectivity index (χ4v) is 5.74. The summed E-state index contributed by atoms with van der Waals surface area (Å²) in [6.45, 7) is 4.20. The van der Waals surface area contributed by atoms with Gasteiger partial charge in [0.15, 0.2) is 0 Å². The van der Waals surface area contributed by atoms with Crippen molar-refractivity contribution in [3.63, 3.8) is 0 Å².